The number of benzene rings is 2. The summed E-state index contributed by atoms with van der Waals surface area (Å²) in [6, 6.07) is 11.2. The zero-order valence-electron chi connectivity index (χ0n) is 25.7. The summed E-state index contributed by atoms with van der Waals surface area (Å²) >= 11 is 1.51. The van der Waals surface area contributed by atoms with Gasteiger partial charge < -0.3 is 34.8 Å². The van der Waals surface area contributed by atoms with Crippen LogP contribution in [0.15, 0.2) is 58.6 Å². The molecule has 236 valence electrons. The molecule has 4 aromatic rings. The maximum Gasteiger partial charge on any atom is 0.321 e. The van der Waals surface area contributed by atoms with Crippen molar-refractivity contribution in [2.45, 2.75) is 39.8 Å². The lowest BCUT2D eigenvalue weighted by Crippen LogP contribution is -2.50. The minimum absolute atomic E-state index is 0.159. The van der Waals surface area contributed by atoms with Gasteiger partial charge in [-0.05, 0) is 45.0 Å². The van der Waals surface area contributed by atoms with Crippen molar-refractivity contribution in [2.24, 2.45) is 5.92 Å². The molecule has 0 saturated heterocycles. The molecular formula is C32H36N6O6S. The molecule has 0 spiro atoms. The number of hydrogen-bond donors (Lipinski definition) is 3. The molecule has 5 rings (SSSR count). The third kappa shape index (κ3) is 6.84. The van der Waals surface area contributed by atoms with Gasteiger partial charge in [0.2, 0.25) is 0 Å². The van der Waals surface area contributed by atoms with Crippen molar-refractivity contribution in [1.82, 2.24) is 19.9 Å². The Balaban J connectivity index is 1.43. The van der Waals surface area contributed by atoms with Gasteiger partial charge in [0, 0.05) is 42.2 Å². The Hall–Kier alpha value is -4.75. The summed E-state index contributed by atoms with van der Waals surface area (Å²) in [5.41, 5.74) is 2.94. The highest BCUT2D eigenvalue weighted by atomic mass is 32.1. The number of rotatable bonds is 8. The Morgan fingerprint density at radius 1 is 1.18 bits per heavy atom. The predicted molar refractivity (Wildman–Crippen MR) is 171 cm³/mol. The second-order valence-electron chi connectivity index (χ2n) is 11.2. The van der Waals surface area contributed by atoms with Gasteiger partial charge in [-0.15, -0.1) is 11.3 Å². The van der Waals surface area contributed by atoms with Crippen LogP contribution < -0.4 is 15.4 Å². The molecule has 13 heteroatoms. The average molecular weight is 633 g/mol. The van der Waals surface area contributed by atoms with Gasteiger partial charge in [0.05, 0.1) is 30.4 Å². The second kappa shape index (κ2) is 13.5. The summed E-state index contributed by atoms with van der Waals surface area (Å²) in [4.78, 5) is 47.8. The second-order valence-corrected chi connectivity index (χ2v) is 12.1. The van der Waals surface area contributed by atoms with E-state index in [4.69, 9.17) is 9.26 Å². The van der Waals surface area contributed by atoms with E-state index in [-0.39, 0.29) is 54.8 Å². The number of nitrogens with zero attached hydrogens (tertiary/aromatic N) is 4. The van der Waals surface area contributed by atoms with E-state index in [0.29, 0.717) is 28.4 Å². The fourth-order valence-corrected chi connectivity index (χ4v) is 5.75. The van der Waals surface area contributed by atoms with Crippen molar-refractivity contribution in [3.63, 3.8) is 0 Å². The molecule has 4 amide bonds. The van der Waals surface area contributed by atoms with Gasteiger partial charge in [-0.1, -0.05) is 30.3 Å². The van der Waals surface area contributed by atoms with Gasteiger partial charge in [-0.3, -0.25) is 9.59 Å². The van der Waals surface area contributed by atoms with Gasteiger partial charge in [0.25, 0.3) is 11.8 Å². The highest BCUT2D eigenvalue weighted by Gasteiger charge is 2.35. The highest BCUT2D eigenvalue weighted by molar-refractivity contribution is 7.13. The van der Waals surface area contributed by atoms with E-state index < -0.39 is 12.1 Å². The number of aliphatic hydroxyl groups excluding tert-OH is 1. The number of thiazole rings is 1. The number of carbonyl (C=O) groups is 3. The molecule has 0 bridgehead atoms. The van der Waals surface area contributed by atoms with Gasteiger partial charge in [-0.25, -0.2) is 9.78 Å². The number of nitrogens with one attached hydrogen (secondary N) is 2. The Morgan fingerprint density at radius 2 is 1.93 bits per heavy atom. The number of carbonyl (C=O) groups excluding carboxylic acids is 3. The zero-order chi connectivity index (χ0) is 32.2. The third-order valence-electron chi connectivity index (χ3n) is 7.83. The number of ether oxygens (including phenoxy) is 1. The highest BCUT2D eigenvalue weighted by Crippen LogP contribution is 2.35. The van der Waals surface area contributed by atoms with Crippen molar-refractivity contribution in [2.75, 3.05) is 37.4 Å². The Morgan fingerprint density at radius 3 is 2.58 bits per heavy atom. The first-order chi connectivity index (χ1) is 21.6. The Kier molecular flexibility index (Phi) is 9.49. The van der Waals surface area contributed by atoms with Gasteiger partial charge in [-0.2, -0.15) is 0 Å². The van der Waals surface area contributed by atoms with Crippen LogP contribution in [0.1, 0.15) is 46.0 Å². The molecule has 1 aliphatic heterocycles. The number of aromatic nitrogens is 2. The van der Waals surface area contributed by atoms with Gasteiger partial charge in [0.15, 0.2) is 11.5 Å². The molecule has 3 N–H and O–H groups in total. The van der Waals surface area contributed by atoms with Gasteiger partial charge in [0.1, 0.15) is 22.5 Å². The number of likely N-dealkylation sites (N-methyl/N-ethyl adjacent to an activating group) is 1. The monoisotopic (exact) mass is 632 g/mol. The fourth-order valence-electron chi connectivity index (χ4n) is 5.10. The number of fused-ring (bicyclic) bond motifs is 1. The molecule has 12 nitrogen and oxygen atoms in total. The smallest absolute Gasteiger partial charge is 0.321 e. The molecule has 3 heterocycles. The molecular weight excluding hydrogens is 596 g/mol. The molecule has 2 aromatic heterocycles. The third-order valence-corrected chi connectivity index (χ3v) is 8.65. The first-order valence-electron chi connectivity index (χ1n) is 14.5. The number of para-hydroxylation sites is 1. The number of amides is 4. The Bertz CT molecular complexity index is 1650. The molecule has 0 fully saturated rings. The summed E-state index contributed by atoms with van der Waals surface area (Å²) in [5.74, 6) is -0.281. The maximum absolute atomic E-state index is 13.8. The maximum atomic E-state index is 13.8. The first-order valence-corrected chi connectivity index (χ1v) is 15.4. The fraction of sp³-hybridized carbons (Fsp3) is 0.344. The summed E-state index contributed by atoms with van der Waals surface area (Å²) in [7, 11) is 1.64. The Labute approximate surface area is 265 Å². The van der Waals surface area contributed by atoms with Crippen molar-refractivity contribution in [3.8, 4) is 16.3 Å². The van der Waals surface area contributed by atoms with E-state index in [1.807, 2.05) is 24.4 Å². The average Bonchev–Trinajstić information content (AvgIpc) is 3.69. The van der Waals surface area contributed by atoms with Crippen LogP contribution in [-0.4, -0.2) is 81.8 Å². The molecule has 0 saturated carbocycles. The number of hydrogen-bond acceptors (Lipinski definition) is 9. The SMILES string of the molecule is Cc1noc(C)c1NC(=O)N(C)C[C@H]1Oc2c(NC(=O)c3ccc(-c4nccs4)cc3)cccc2C(=O)N([C@@H](C)CO)C[C@@H]1C. The summed E-state index contributed by atoms with van der Waals surface area (Å²) in [5, 5.41) is 22.4. The molecule has 1 aliphatic rings. The van der Waals surface area contributed by atoms with Crippen molar-refractivity contribution in [3.05, 3.63) is 76.6 Å². The lowest BCUT2D eigenvalue weighted by molar-refractivity contribution is 0.0372. The molecule has 45 heavy (non-hydrogen) atoms. The normalized spacial score (nSPS) is 17.0. The van der Waals surface area contributed by atoms with E-state index >= 15 is 0 Å². The van der Waals surface area contributed by atoms with E-state index in [1.165, 1.54) is 16.2 Å². The van der Waals surface area contributed by atoms with Crippen molar-refractivity contribution >= 4 is 40.6 Å². The number of urea groups is 1. The number of anilines is 2. The summed E-state index contributed by atoms with van der Waals surface area (Å²) in [6.07, 6.45) is 1.14. The minimum Gasteiger partial charge on any atom is -0.485 e. The standard InChI is InChI=1S/C32H36N6O6S/c1-18-15-38(19(2)17-39)31(41)24-7-6-8-25(34-29(40)22-9-11-23(12-10-22)30-33-13-14-45-30)28(24)43-26(18)16-37(5)32(42)35-27-20(3)36-44-21(27)4/h6-14,18-19,26,39H,15-17H2,1-5H3,(H,34,40)(H,35,42)/t18-,19-,26+/m0/s1. The molecule has 3 atom stereocenters. The van der Waals surface area contributed by atoms with Crippen LogP contribution in [0.2, 0.25) is 0 Å². The number of aliphatic hydroxyl groups is 1. The predicted octanol–water partition coefficient (Wildman–Crippen LogP) is 5.05. The lowest BCUT2D eigenvalue weighted by atomic mass is 9.99. The van der Waals surface area contributed by atoms with Crippen LogP contribution in [-0.2, 0) is 0 Å². The van der Waals surface area contributed by atoms with Crippen molar-refractivity contribution in [1.29, 1.82) is 0 Å². The van der Waals surface area contributed by atoms with Crippen LogP contribution in [0.4, 0.5) is 16.2 Å². The topological polar surface area (TPSA) is 150 Å². The van der Waals surface area contributed by atoms with Crippen LogP contribution in [0.5, 0.6) is 5.75 Å². The van der Waals surface area contributed by atoms with E-state index in [0.717, 1.165) is 10.6 Å². The molecule has 0 radical (unpaired) electrons. The van der Waals surface area contributed by atoms with Gasteiger partial charge >= 0.3 is 6.03 Å². The zero-order valence-corrected chi connectivity index (χ0v) is 26.6. The van der Waals surface area contributed by atoms with E-state index in [9.17, 15) is 19.5 Å². The summed E-state index contributed by atoms with van der Waals surface area (Å²) in [6.45, 7) is 7.36. The van der Waals surface area contributed by atoms with Crippen LogP contribution in [0.3, 0.4) is 0 Å². The quantitative estimate of drug-likeness (QED) is 0.244. The summed E-state index contributed by atoms with van der Waals surface area (Å²) < 4.78 is 11.7. The largest absolute Gasteiger partial charge is 0.485 e. The first kappa shape index (κ1) is 31.7. The molecule has 2 aromatic carbocycles. The van der Waals surface area contributed by atoms with Crippen molar-refractivity contribution < 1.29 is 28.8 Å². The van der Waals surface area contributed by atoms with E-state index in [2.05, 4.69) is 20.8 Å². The number of aryl methyl sites for hydroxylation is 2. The van der Waals surface area contributed by atoms with E-state index in [1.54, 1.807) is 69.2 Å². The van der Waals surface area contributed by atoms with Crippen LogP contribution >= 0.6 is 11.3 Å². The minimum atomic E-state index is -0.582. The lowest BCUT2D eigenvalue weighted by Gasteiger charge is -2.38. The van der Waals surface area contributed by atoms with Crippen LogP contribution in [0, 0.1) is 19.8 Å². The molecule has 0 aliphatic carbocycles. The molecule has 0 unspecified atom stereocenters. The van der Waals surface area contributed by atoms with Crippen LogP contribution in [0.25, 0.3) is 10.6 Å².